The third-order valence-electron chi connectivity index (χ3n) is 3.32. The second-order valence-corrected chi connectivity index (χ2v) is 5.24. The molecule has 0 aromatic heterocycles. The average Bonchev–Trinajstić information content (AvgIpc) is 2.74. The van der Waals surface area contributed by atoms with Crippen molar-refractivity contribution in [1.29, 1.82) is 0 Å². The first-order valence-electron chi connectivity index (χ1n) is 6.43. The van der Waals surface area contributed by atoms with Crippen LogP contribution in [0.15, 0.2) is 30.3 Å². The number of benzene rings is 1. The van der Waals surface area contributed by atoms with Crippen molar-refractivity contribution in [2.24, 2.45) is 5.92 Å². The second-order valence-electron chi connectivity index (χ2n) is 5.24. The molecule has 1 heterocycles. The Morgan fingerprint density at radius 1 is 1.26 bits per heavy atom. The van der Waals surface area contributed by atoms with Crippen LogP contribution in [0.5, 0.6) is 0 Å². The van der Waals surface area contributed by atoms with Crippen LogP contribution in [0.4, 0.5) is 0 Å². The number of esters is 1. The fourth-order valence-corrected chi connectivity index (χ4v) is 2.37. The smallest absolute Gasteiger partial charge is 0.311 e. The zero-order chi connectivity index (χ0) is 14.0. The van der Waals surface area contributed by atoms with Crippen LogP contribution >= 0.6 is 0 Å². The predicted molar refractivity (Wildman–Crippen MR) is 70.4 cm³/mol. The Hall–Kier alpha value is -1.39. The summed E-state index contributed by atoms with van der Waals surface area (Å²) in [7, 11) is 1.39. The molecule has 0 saturated carbocycles. The molecule has 0 spiro atoms. The molecule has 1 aliphatic heterocycles. The summed E-state index contributed by atoms with van der Waals surface area (Å²) in [4.78, 5) is 11.7. The van der Waals surface area contributed by atoms with Crippen LogP contribution in [-0.4, -0.2) is 25.0 Å². The molecule has 1 saturated heterocycles. The van der Waals surface area contributed by atoms with E-state index in [0.717, 1.165) is 5.56 Å². The Morgan fingerprint density at radius 3 is 2.47 bits per heavy atom. The normalized spacial score (nSPS) is 26.9. The number of ether oxygens (including phenoxy) is 3. The quantitative estimate of drug-likeness (QED) is 0.787. The summed E-state index contributed by atoms with van der Waals surface area (Å²) in [5, 5.41) is 0. The van der Waals surface area contributed by atoms with Gasteiger partial charge < -0.3 is 14.2 Å². The first-order valence-corrected chi connectivity index (χ1v) is 6.43. The fourth-order valence-electron chi connectivity index (χ4n) is 2.37. The Labute approximate surface area is 113 Å². The number of hydrogen-bond donors (Lipinski definition) is 0. The molecule has 0 unspecified atom stereocenters. The number of carbonyl (C=O) groups is 1. The largest absolute Gasteiger partial charge is 0.469 e. The average molecular weight is 264 g/mol. The number of hydrogen-bond acceptors (Lipinski definition) is 4. The molecule has 4 heteroatoms. The summed E-state index contributed by atoms with van der Waals surface area (Å²) < 4.78 is 16.6. The molecular formula is C15H20O4. The van der Waals surface area contributed by atoms with Crippen molar-refractivity contribution >= 4 is 5.97 Å². The van der Waals surface area contributed by atoms with Crippen molar-refractivity contribution in [3.63, 3.8) is 0 Å². The van der Waals surface area contributed by atoms with Crippen molar-refractivity contribution in [3.05, 3.63) is 35.9 Å². The molecular weight excluding hydrogens is 244 g/mol. The summed E-state index contributed by atoms with van der Waals surface area (Å²) in [5.74, 6) is -1.36. The second kappa shape index (κ2) is 5.31. The number of rotatable bonds is 3. The van der Waals surface area contributed by atoms with Gasteiger partial charge in [-0.25, -0.2) is 0 Å². The topological polar surface area (TPSA) is 44.8 Å². The predicted octanol–water partition coefficient (Wildman–Crippen LogP) is 2.69. The third kappa shape index (κ3) is 2.96. The molecule has 0 N–H and O–H groups in total. The van der Waals surface area contributed by atoms with Crippen LogP contribution < -0.4 is 0 Å². The van der Waals surface area contributed by atoms with Gasteiger partial charge in [0.05, 0.1) is 13.0 Å². The lowest BCUT2D eigenvalue weighted by atomic mass is 9.95. The van der Waals surface area contributed by atoms with E-state index < -0.39 is 5.79 Å². The number of methoxy groups -OCH3 is 1. The van der Waals surface area contributed by atoms with Crippen LogP contribution in [0.1, 0.15) is 32.4 Å². The van der Waals surface area contributed by atoms with E-state index in [1.165, 1.54) is 7.11 Å². The first kappa shape index (κ1) is 14.0. The monoisotopic (exact) mass is 264 g/mol. The first-order chi connectivity index (χ1) is 8.94. The minimum Gasteiger partial charge on any atom is -0.469 e. The van der Waals surface area contributed by atoms with Crippen LogP contribution in [-0.2, 0) is 19.0 Å². The lowest BCUT2D eigenvalue weighted by Gasteiger charge is -2.21. The maximum atomic E-state index is 11.7. The van der Waals surface area contributed by atoms with Crippen molar-refractivity contribution in [2.75, 3.05) is 7.11 Å². The van der Waals surface area contributed by atoms with Crippen LogP contribution in [0.3, 0.4) is 0 Å². The minimum absolute atomic E-state index is 0.259. The minimum atomic E-state index is -0.701. The molecule has 0 radical (unpaired) electrons. The van der Waals surface area contributed by atoms with E-state index in [4.69, 9.17) is 14.2 Å². The van der Waals surface area contributed by atoms with Gasteiger partial charge in [-0.15, -0.1) is 0 Å². The highest BCUT2D eigenvalue weighted by Gasteiger charge is 2.46. The summed E-state index contributed by atoms with van der Waals surface area (Å²) in [6.45, 7) is 5.51. The molecule has 104 valence electrons. The summed E-state index contributed by atoms with van der Waals surface area (Å²) in [5.41, 5.74) is 1.01. The molecule has 1 aliphatic rings. The zero-order valence-electron chi connectivity index (χ0n) is 11.8. The Balaban J connectivity index is 2.27. The Kier molecular flexibility index (Phi) is 3.92. The summed E-state index contributed by atoms with van der Waals surface area (Å²) in [6, 6.07) is 9.80. The van der Waals surface area contributed by atoms with E-state index in [0.29, 0.717) is 0 Å². The van der Waals surface area contributed by atoms with E-state index >= 15 is 0 Å². The van der Waals surface area contributed by atoms with Gasteiger partial charge in [0.25, 0.3) is 0 Å². The summed E-state index contributed by atoms with van der Waals surface area (Å²) >= 11 is 0. The molecule has 4 nitrogen and oxygen atoms in total. The van der Waals surface area contributed by atoms with Gasteiger partial charge in [0.2, 0.25) is 0 Å². The lowest BCUT2D eigenvalue weighted by molar-refractivity contribution is -0.161. The van der Waals surface area contributed by atoms with Gasteiger partial charge in [-0.1, -0.05) is 30.3 Å². The van der Waals surface area contributed by atoms with Crippen LogP contribution in [0.2, 0.25) is 0 Å². The van der Waals surface area contributed by atoms with Crippen molar-refractivity contribution in [1.82, 2.24) is 0 Å². The van der Waals surface area contributed by atoms with Crippen LogP contribution in [0.25, 0.3) is 0 Å². The highest BCUT2D eigenvalue weighted by Crippen LogP contribution is 2.41. The molecule has 0 amide bonds. The van der Waals surface area contributed by atoms with E-state index in [1.54, 1.807) is 6.92 Å². The highest BCUT2D eigenvalue weighted by molar-refractivity contribution is 5.72. The maximum Gasteiger partial charge on any atom is 0.311 e. The zero-order valence-corrected chi connectivity index (χ0v) is 11.8. The Morgan fingerprint density at radius 2 is 1.89 bits per heavy atom. The van der Waals surface area contributed by atoms with Gasteiger partial charge in [-0.2, -0.15) is 0 Å². The molecule has 1 aromatic carbocycles. The molecule has 0 aliphatic carbocycles. The molecule has 1 fully saturated rings. The molecule has 0 bridgehead atoms. The fraction of sp³-hybridized carbons (Fsp3) is 0.533. The van der Waals surface area contributed by atoms with Gasteiger partial charge in [-0.3, -0.25) is 4.79 Å². The van der Waals surface area contributed by atoms with Crippen LogP contribution in [0, 0.1) is 5.92 Å². The van der Waals surface area contributed by atoms with Gasteiger partial charge in [0, 0.05) is 0 Å². The molecule has 1 aromatic rings. The maximum absolute atomic E-state index is 11.7. The summed E-state index contributed by atoms with van der Waals surface area (Å²) in [6.07, 6.45) is -0.602. The number of carbonyl (C=O) groups excluding carboxylic acids is 1. The van der Waals surface area contributed by atoms with Crippen molar-refractivity contribution < 1.29 is 19.0 Å². The van der Waals surface area contributed by atoms with E-state index in [9.17, 15) is 4.79 Å². The standard InChI is InChI=1S/C15H20O4/c1-10(14(16)17-4)12-13(19-15(2,3)18-12)11-8-6-5-7-9-11/h5-10,12-13H,1-4H3/t10-,12-,13-/m1/s1. The third-order valence-corrected chi connectivity index (χ3v) is 3.32. The van der Waals surface area contributed by atoms with Gasteiger partial charge in [0.15, 0.2) is 5.79 Å². The van der Waals surface area contributed by atoms with Gasteiger partial charge in [0.1, 0.15) is 12.2 Å². The van der Waals surface area contributed by atoms with Crippen molar-refractivity contribution in [3.8, 4) is 0 Å². The van der Waals surface area contributed by atoms with Crippen molar-refractivity contribution in [2.45, 2.75) is 38.8 Å². The van der Waals surface area contributed by atoms with Gasteiger partial charge in [-0.05, 0) is 26.3 Å². The SMILES string of the molecule is COC(=O)[C@H](C)[C@H]1OC(C)(C)O[C@@H]1c1ccccc1. The van der Waals surface area contributed by atoms with E-state index in [1.807, 2.05) is 44.2 Å². The molecule has 3 atom stereocenters. The highest BCUT2D eigenvalue weighted by atomic mass is 16.8. The van der Waals surface area contributed by atoms with E-state index in [2.05, 4.69) is 0 Å². The lowest BCUT2D eigenvalue weighted by Crippen LogP contribution is -2.31. The van der Waals surface area contributed by atoms with E-state index in [-0.39, 0.29) is 24.1 Å². The molecule has 2 rings (SSSR count). The molecule has 19 heavy (non-hydrogen) atoms. The Bertz CT molecular complexity index is 441. The van der Waals surface area contributed by atoms with Gasteiger partial charge >= 0.3 is 5.97 Å².